The lowest BCUT2D eigenvalue weighted by molar-refractivity contribution is 0.291. The van der Waals surface area contributed by atoms with Crippen LogP contribution in [0.4, 0.5) is 0 Å². The lowest BCUT2D eigenvalue weighted by Gasteiger charge is -2.21. The molecule has 0 atom stereocenters. The summed E-state index contributed by atoms with van der Waals surface area (Å²) < 4.78 is 7.80. The molecule has 0 unspecified atom stereocenters. The number of benzene rings is 1. The Morgan fingerprint density at radius 1 is 1.14 bits per heavy atom. The van der Waals surface area contributed by atoms with Crippen LogP contribution in [0, 0.1) is 11.3 Å². The molecule has 4 nitrogen and oxygen atoms in total. The summed E-state index contributed by atoms with van der Waals surface area (Å²) in [6.07, 6.45) is 8.50. The van der Waals surface area contributed by atoms with E-state index < -0.39 is 0 Å². The first-order valence-corrected chi connectivity index (χ1v) is 7.52. The van der Waals surface area contributed by atoms with Crippen LogP contribution >= 0.6 is 0 Å². The molecule has 108 valence electrons. The van der Waals surface area contributed by atoms with Gasteiger partial charge in [0.25, 0.3) is 0 Å². The minimum Gasteiger partial charge on any atom is -0.487 e. The van der Waals surface area contributed by atoms with Gasteiger partial charge in [0.2, 0.25) is 0 Å². The van der Waals surface area contributed by atoms with E-state index in [2.05, 4.69) is 22.0 Å². The molecule has 0 N–H and O–H groups in total. The monoisotopic (exact) mass is 281 g/mol. The lowest BCUT2D eigenvalue weighted by Crippen LogP contribution is -2.13. The number of nitriles is 1. The Morgan fingerprint density at radius 2 is 1.90 bits per heavy atom. The van der Waals surface area contributed by atoms with Crippen LogP contribution in [0.2, 0.25) is 0 Å². The highest BCUT2D eigenvalue weighted by Crippen LogP contribution is 2.27. The van der Waals surface area contributed by atoms with E-state index in [1.807, 2.05) is 18.2 Å². The van der Waals surface area contributed by atoms with Crippen molar-refractivity contribution in [3.8, 4) is 11.8 Å². The summed E-state index contributed by atoms with van der Waals surface area (Å²) in [5.41, 5.74) is 1.59. The van der Waals surface area contributed by atoms with E-state index in [9.17, 15) is 0 Å². The summed E-state index contributed by atoms with van der Waals surface area (Å²) >= 11 is 0. The number of ether oxygens (including phenoxy) is 1. The van der Waals surface area contributed by atoms with Gasteiger partial charge in [-0.1, -0.05) is 19.3 Å². The van der Waals surface area contributed by atoms with Gasteiger partial charge in [-0.25, -0.2) is 0 Å². The maximum Gasteiger partial charge on any atom is 0.132 e. The third-order valence-electron chi connectivity index (χ3n) is 3.98. The smallest absolute Gasteiger partial charge is 0.132 e. The van der Waals surface area contributed by atoms with E-state index in [0.29, 0.717) is 18.2 Å². The zero-order valence-corrected chi connectivity index (χ0v) is 12.0. The minimum absolute atomic E-state index is 0.464. The van der Waals surface area contributed by atoms with Gasteiger partial charge in [-0.3, -0.25) is 4.68 Å². The van der Waals surface area contributed by atoms with E-state index in [1.165, 1.54) is 32.1 Å². The van der Waals surface area contributed by atoms with Crippen LogP contribution in [0.25, 0.3) is 0 Å². The van der Waals surface area contributed by atoms with Gasteiger partial charge in [-0.15, -0.1) is 0 Å². The van der Waals surface area contributed by atoms with Crippen LogP contribution in [-0.4, -0.2) is 9.78 Å². The molecule has 1 heterocycles. The van der Waals surface area contributed by atoms with Gasteiger partial charge in [0.1, 0.15) is 12.4 Å². The highest BCUT2D eigenvalue weighted by molar-refractivity contribution is 5.34. The molecule has 1 aliphatic rings. The molecular weight excluding hydrogens is 262 g/mol. The topological polar surface area (TPSA) is 50.8 Å². The Hall–Kier alpha value is -2.28. The van der Waals surface area contributed by atoms with Crippen molar-refractivity contribution in [2.24, 2.45) is 0 Å². The van der Waals surface area contributed by atoms with Gasteiger partial charge >= 0.3 is 0 Å². The first-order chi connectivity index (χ1) is 10.3. The zero-order valence-electron chi connectivity index (χ0n) is 12.0. The zero-order chi connectivity index (χ0) is 14.5. The standard InChI is InChI=1S/C17H19N3O/c18-12-14-6-8-17(9-7-14)21-13-15-10-11-20(19-15)16-4-2-1-3-5-16/h6-11,16H,1-5,13H2. The van der Waals surface area contributed by atoms with Gasteiger partial charge in [-0.05, 0) is 43.2 Å². The van der Waals surface area contributed by atoms with Gasteiger partial charge in [0.05, 0.1) is 23.4 Å². The number of rotatable bonds is 4. The summed E-state index contributed by atoms with van der Waals surface area (Å²) in [6.45, 7) is 0.464. The van der Waals surface area contributed by atoms with Crippen molar-refractivity contribution in [3.05, 3.63) is 47.8 Å². The van der Waals surface area contributed by atoms with E-state index >= 15 is 0 Å². The van der Waals surface area contributed by atoms with Crippen LogP contribution in [-0.2, 0) is 6.61 Å². The molecule has 4 heteroatoms. The Morgan fingerprint density at radius 3 is 2.62 bits per heavy atom. The van der Waals surface area contributed by atoms with E-state index in [1.54, 1.807) is 12.1 Å². The number of hydrogen-bond acceptors (Lipinski definition) is 3. The van der Waals surface area contributed by atoms with E-state index in [0.717, 1.165) is 11.4 Å². The van der Waals surface area contributed by atoms with Gasteiger partial charge in [0.15, 0.2) is 0 Å². The molecule has 21 heavy (non-hydrogen) atoms. The maximum absolute atomic E-state index is 8.76. The molecule has 1 aliphatic carbocycles. The molecule has 3 rings (SSSR count). The van der Waals surface area contributed by atoms with Crippen molar-refractivity contribution in [2.45, 2.75) is 44.8 Å². The maximum atomic E-state index is 8.76. The van der Waals surface area contributed by atoms with Crippen LogP contribution < -0.4 is 4.74 Å². The number of nitrogens with zero attached hydrogens (tertiary/aromatic N) is 3. The first-order valence-electron chi connectivity index (χ1n) is 7.52. The molecule has 1 aromatic carbocycles. The van der Waals surface area contributed by atoms with E-state index in [-0.39, 0.29) is 0 Å². The Balaban J connectivity index is 1.57. The van der Waals surface area contributed by atoms with Crippen LogP contribution in [0.1, 0.15) is 49.4 Å². The highest BCUT2D eigenvalue weighted by atomic mass is 16.5. The summed E-state index contributed by atoms with van der Waals surface area (Å²) in [5, 5.41) is 13.4. The molecule has 0 saturated heterocycles. The van der Waals surface area contributed by atoms with Crippen LogP contribution in [0.5, 0.6) is 5.75 Å². The lowest BCUT2D eigenvalue weighted by atomic mass is 9.96. The van der Waals surface area contributed by atoms with Crippen molar-refractivity contribution < 1.29 is 4.74 Å². The molecule has 1 saturated carbocycles. The van der Waals surface area contributed by atoms with Crippen molar-refractivity contribution in [1.29, 1.82) is 5.26 Å². The molecule has 0 radical (unpaired) electrons. The fourth-order valence-electron chi connectivity index (χ4n) is 2.79. The van der Waals surface area contributed by atoms with Gasteiger partial charge in [0, 0.05) is 6.20 Å². The summed E-state index contributed by atoms with van der Waals surface area (Å²) in [5.74, 6) is 0.765. The SMILES string of the molecule is N#Cc1ccc(OCc2ccn(C3CCCCC3)n2)cc1. The Labute approximate surface area is 125 Å². The Bertz CT molecular complexity index is 618. The molecule has 0 spiro atoms. The molecule has 0 aliphatic heterocycles. The highest BCUT2D eigenvalue weighted by Gasteiger charge is 2.15. The minimum atomic E-state index is 0.464. The molecular formula is C17H19N3O. The largest absolute Gasteiger partial charge is 0.487 e. The first kappa shape index (κ1) is 13.7. The number of aromatic nitrogens is 2. The van der Waals surface area contributed by atoms with Crippen molar-refractivity contribution in [3.63, 3.8) is 0 Å². The second-order valence-corrected chi connectivity index (χ2v) is 5.50. The van der Waals surface area contributed by atoms with Crippen molar-refractivity contribution >= 4 is 0 Å². The predicted octanol–water partition coefficient (Wildman–Crippen LogP) is 3.84. The quantitative estimate of drug-likeness (QED) is 0.855. The second kappa shape index (κ2) is 6.45. The average molecular weight is 281 g/mol. The third kappa shape index (κ3) is 3.43. The second-order valence-electron chi connectivity index (χ2n) is 5.50. The fourth-order valence-corrected chi connectivity index (χ4v) is 2.79. The van der Waals surface area contributed by atoms with Gasteiger partial charge in [-0.2, -0.15) is 10.4 Å². The van der Waals surface area contributed by atoms with Gasteiger partial charge < -0.3 is 4.74 Å². The fraction of sp³-hybridized carbons (Fsp3) is 0.412. The normalized spacial score (nSPS) is 15.6. The summed E-state index contributed by atoms with van der Waals surface area (Å²) in [7, 11) is 0. The molecule has 0 amide bonds. The molecule has 1 aromatic heterocycles. The summed E-state index contributed by atoms with van der Waals surface area (Å²) in [4.78, 5) is 0. The molecule has 0 bridgehead atoms. The number of hydrogen-bond donors (Lipinski definition) is 0. The van der Waals surface area contributed by atoms with Crippen molar-refractivity contribution in [2.75, 3.05) is 0 Å². The predicted molar refractivity (Wildman–Crippen MR) is 79.8 cm³/mol. The summed E-state index contributed by atoms with van der Waals surface area (Å²) in [6, 6.07) is 11.8. The Kier molecular flexibility index (Phi) is 4.20. The average Bonchev–Trinajstić information content (AvgIpc) is 3.03. The van der Waals surface area contributed by atoms with Crippen LogP contribution in [0.3, 0.4) is 0 Å². The van der Waals surface area contributed by atoms with Crippen LogP contribution in [0.15, 0.2) is 36.5 Å². The third-order valence-corrected chi connectivity index (χ3v) is 3.98. The molecule has 1 fully saturated rings. The van der Waals surface area contributed by atoms with Crippen molar-refractivity contribution in [1.82, 2.24) is 9.78 Å². The molecule has 2 aromatic rings. The van der Waals surface area contributed by atoms with E-state index in [4.69, 9.17) is 10.00 Å².